The van der Waals surface area contributed by atoms with Crippen molar-refractivity contribution in [1.82, 2.24) is 10.2 Å². The standard InChI is InChI=1S/C16H30N2OS/c1-6-12(4)13-15(19)18(14(17-13)11(2)3)10-16(5)8-7-9-20-16/h11-14,17H,6-10H2,1-5H3. The quantitative estimate of drug-likeness (QED) is 0.846. The van der Waals surface area contributed by atoms with Gasteiger partial charge in [-0.1, -0.05) is 34.1 Å². The van der Waals surface area contributed by atoms with Gasteiger partial charge in [0.15, 0.2) is 0 Å². The number of nitrogens with zero attached hydrogens (tertiary/aromatic N) is 1. The van der Waals surface area contributed by atoms with Gasteiger partial charge in [-0.2, -0.15) is 11.8 Å². The van der Waals surface area contributed by atoms with E-state index in [2.05, 4.69) is 44.8 Å². The van der Waals surface area contributed by atoms with Crippen LogP contribution < -0.4 is 5.32 Å². The van der Waals surface area contributed by atoms with Crippen molar-refractivity contribution in [2.75, 3.05) is 12.3 Å². The average Bonchev–Trinajstić information content (AvgIpc) is 2.95. The lowest BCUT2D eigenvalue weighted by atomic mass is 9.99. The van der Waals surface area contributed by atoms with Crippen molar-refractivity contribution in [1.29, 1.82) is 0 Å². The second-order valence-electron chi connectivity index (χ2n) is 7.09. The fourth-order valence-corrected chi connectivity index (χ4v) is 4.66. The molecule has 0 spiro atoms. The number of rotatable bonds is 5. The minimum atomic E-state index is 0.0161. The molecule has 1 amide bonds. The smallest absolute Gasteiger partial charge is 0.241 e. The third-order valence-electron chi connectivity index (χ3n) is 4.88. The number of carbonyl (C=O) groups excluding carboxylic acids is 1. The van der Waals surface area contributed by atoms with Crippen LogP contribution in [0, 0.1) is 11.8 Å². The van der Waals surface area contributed by atoms with E-state index >= 15 is 0 Å². The summed E-state index contributed by atoms with van der Waals surface area (Å²) in [5.74, 6) is 2.44. The van der Waals surface area contributed by atoms with Gasteiger partial charge in [-0.05, 0) is 37.4 Å². The summed E-state index contributed by atoms with van der Waals surface area (Å²) in [7, 11) is 0. The maximum atomic E-state index is 12.8. The maximum absolute atomic E-state index is 12.8. The fourth-order valence-electron chi connectivity index (χ4n) is 3.35. The summed E-state index contributed by atoms with van der Waals surface area (Å²) in [6, 6.07) is 0.0161. The maximum Gasteiger partial charge on any atom is 0.241 e. The number of nitrogens with one attached hydrogen (secondary N) is 1. The Labute approximate surface area is 128 Å². The Bertz CT molecular complexity index is 352. The van der Waals surface area contributed by atoms with Crippen molar-refractivity contribution >= 4 is 17.7 Å². The van der Waals surface area contributed by atoms with Gasteiger partial charge in [0.2, 0.25) is 5.91 Å². The van der Waals surface area contributed by atoms with Crippen LogP contribution in [-0.2, 0) is 4.79 Å². The van der Waals surface area contributed by atoms with E-state index in [9.17, 15) is 4.79 Å². The van der Waals surface area contributed by atoms with Crippen molar-refractivity contribution in [3.8, 4) is 0 Å². The van der Waals surface area contributed by atoms with E-state index in [1.165, 1.54) is 18.6 Å². The molecule has 0 aliphatic carbocycles. The molecule has 1 N–H and O–H groups in total. The first-order chi connectivity index (χ1) is 9.38. The van der Waals surface area contributed by atoms with Crippen molar-refractivity contribution in [2.45, 2.75) is 70.8 Å². The number of hydrogen-bond donors (Lipinski definition) is 1. The summed E-state index contributed by atoms with van der Waals surface area (Å²) in [4.78, 5) is 14.9. The molecule has 116 valence electrons. The van der Waals surface area contributed by atoms with Crippen LogP contribution >= 0.6 is 11.8 Å². The number of hydrogen-bond acceptors (Lipinski definition) is 3. The molecular formula is C16H30N2OS. The van der Waals surface area contributed by atoms with Gasteiger partial charge in [-0.25, -0.2) is 0 Å². The van der Waals surface area contributed by atoms with Crippen LogP contribution in [0.2, 0.25) is 0 Å². The lowest BCUT2D eigenvalue weighted by Crippen LogP contribution is -2.47. The highest BCUT2D eigenvalue weighted by Crippen LogP contribution is 2.39. The third-order valence-corrected chi connectivity index (χ3v) is 6.41. The van der Waals surface area contributed by atoms with Crippen molar-refractivity contribution in [3.63, 3.8) is 0 Å². The van der Waals surface area contributed by atoms with Crippen LogP contribution in [0.15, 0.2) is 0 Å². The van der Waals surface area contributed by atoms with Gasteiger partial charge in [0.1, 0.15) is 0 Å². The predicted molar refractivity (Wildman–Crippen MR) is 86.8 cm³/mol. The first-order valence-electron chi connectivity index (χ1n) is 8.08. The Morgan fingerprint density at radius 1 is 1.45 bits per heavy atom. The van der Waals surface area contributed by atoms with Gasteiger partial charge in [-0.3, -0.25) is 10.1 Å². The Morgan fingerprint density at radius 2 is 2.15 bits per heavy atom. The van der Waals surface area contributed by atoms with Gasteiger partial charge in [0, 0.05) is 11.3 Å². The van der Waals surface area contributed by atoms with Gasteiger partial charge in [0.05, 0.1) is 12.2 Å². The van der Waals surface area contributed by atoms with E-state index in [-0.39, 0.29) is 17.0 Å². The summed E-state index contributed by atoms with van der Waals surface area (Å²) < 4.78 is 0.259. The fraction of sp³-hybridized carbons (Fsp3) is 0.938. The first-order valence-corrected chi connectivity index (χ1v) is 9.07. The Hall–Kier alpha value is -0.220. The minimum absolute atomic E-state index is 0.0161. The molecule has 2 heterocycles. The molecule has 0 aromatic carbocycles. The van der Waals surface area contributed by atoms with Crippen molar-refractivity contribution < 1.29 is 4.79 Å². The van der Waals surface area contributed by atoms with Crippen LogP contribution in [0.1, 0.15) is 53.9 Å². The van der Waals surface area contributed by atoms with E-state index in [0.717, 1.165) is 13.0 Å². The van der Waals surface area contributed by atoms with Crippen molar-refractivity contribution in [3.05, 3.63) is 0 Å². The Morgan fingerprint density at radius 3 is 2.65 bits per heavy atom. The zero-order valence-electron chi connectivity index (χ0n) is 13.6. The summed E-state index contributed by atoms with van der Waals surface area (Å²) in [6.07, 6.45) is 3.78. The second kappa shape index (κ2) is 6.27. The normalized spacial score (nSPS) is 36.1. The third kappa shape index (κ3) is 3.16. The van der Waals surface area contributed by atoms with Gasteiger partial charge in [0.25, 0.3) is 0 Å². The van der Waals surface area contributed by atoms with Crippen LogP contribution in [0.4, 0.5) is 0 Å². The zero-order chi connectivity index (χ0) is 14.9. The molecule has 2 saturated heterocycles. The highest BCUT2D eigenvalue weighted by atomic mass is 32.2. The van der Waals surface area contributed by atoms with E-state index < -0.39 is 0 Å². The zero-order valence-corrected chi connectivity index (χ0v) is 14.4. The van der Waals surface area contributed by atoms with Crippen LogP contribution in [0.3, 0.4) is 0 Å². The number of amides is 1. The lowest BCUT2D eigenvalue weighted by molar-refractivity contribution is -0.131. The number of thioether (sulfide) groups is 1. The minimum Gasteiger partial charge on any atom is -0.324 e. The topological polar surface area (TPSA) is 32.3 Å². The monoisotopic (exact) mass is 298 g/mol. The highest BCUT2D eigenvalue weighted by Gasteiger charge is 2.45. The van der Waals surface area contributed by atoms with Crippen LogP contribution in [0.5, 0.6) is 0 Å². The molecule has 4 heteroatoms. The Kier molecular flexibility index (Phi) is 5.06. The molecule has 20 heavy (non-hydrogen) atoms. The first kappa shape index (κ1) is 16.2. The highest BCUT2D eigenvalue weighted by molar-refractivity contribution is 8.00. The molecule has 0 bridgehead atoms. The summed E-state index contributed by atoms with van der Waals surface area (Å²) >= 11 is 2.04. The largest absolute Gasteiger partial charge is 0.324 e. The molecule has 3 nitrogen and oxygen atoms in total. The summed E-state index contributed by atoms with van der Waals surface area (Å²) in [6.45, 7) is 12.0. The molecule has 2 fully saturated rings. The molecule has 4 unspecified atom stereocenters. The molecule has 2 rings (SSSR count). The molecule has 0 saturated carbocycles. The molecular weight excluding hydrogens is 268 g/mol. The summed E-state index contributed by atoms with van der Waals surface area (Å²) in [5, 5.41) is 3.60. The van der Waals surface area contributed by atoms with E-state index in [1.807, 2.05) is 11.8 Å². The van der Waals surface area contributed by atoms with E-state index in [4.69, 9.17) is 0 Å². The van der Waals surface area contributed by atoms with Crippen LogP contribution in [0.25, 0.3) is 0 Å². The average molecular weight is 298 g/mol. The number of carbonyl (C=O) groups is 1. The molecule has 0 radical (unpaired) electrons. The van der Waals surface area contributed by atoms with Gasteiger partial charge >= 0.3 is 0 Å². The van der Waals surface area contributed by atoms with E-state index in [0.29, 0.717) is 17.7 Å². The lowest BCUT2D eigenvalue weighted by Gasteiger charge is -2.34. The predicted octanol–water partition coefficient (Wildman–Crippen LogP) is 3.10. The van der Waals surface area contributed by atoms with Crippen LogP contribution in [-0.4, -0.2) is 40.1 Å². The second-order valence-corrected chi connectivity index (χ2v) is 8.77. The molecule has 0 aromatic rings. The van der Waals surface area contributed by atoms with Gasteiger partial charge in [-0.15, -0.1) is 0 Å². The SMILES string of the molecule is CCC(C)C1NC(C(C)C)N(CC2(C)CCCS2)C1=O. The summed E-state index contributed by atoms with van der Waals surface area (Å²) in [5.41, 5.74) is 0. The van der Waals surface area contributed by atoms with E-state index in [1.54, 1.807) is 0 Å². The Balaban J connectivity index is 2.13. The molecule has 2 aliphatic rings. The molecule has 0 aromatic heterocycles. The van der Waals surface area contributed by atoms with Crippen molar-refractivity contribution in [2.24, 2.45) is 11.8 Å². The van der Waals surface area contributed by atoms with Gasteiger partial charge < -0.3 is 4.90 Å². The molecule has 4 atom stereocenters. The molecule has 2 aliphatic heterocycles.